The molecule has 1 heterocycles. The minimum atomic E-state index is -2.35. The van der Waals surface area contributed by atoms with E-state index in [2.05, 4.69) is 0 Å². The fourth-order valence-corrected chi connectivity index (χ4v) is 3.96. The van der Waals surface area contributed by atoms with Gasteiger partial charge in [-0.3, -0.25) is 4.79 Å². The van der Waals surface area contributed by atoms with E-state index in [0.29, 0.717) is 0 Å². The molecule has 90 valence electrons. The Balaban J connectivity index is 3.03. The van der Waals surface area contributed by atoms with Crippen molar-refractivity contribution in [3.63, 3.8) is 0 Å². The molecule has 0 fully saturated rings. The molecule has 1 aromatic heterocycles. The highest BCUT2D eigenvalue weighted by atomic mass is 31.2. The van der Waals surface area contributed by atoms with Gasteiger partial charge in [0.05, 0.1) is 5.52 Å². The van der Waals surface area contributed by atoms with Crippen LogP contribution in [0.1, 0.15) is 5.56 Å². The van der Waals surface area contributed by atoms with E-state index in [1.807, 2.05) is 19.1 Å². The second-order valence-corrected chi connectivity index (χ2v) is 7.89. The number of fused-ring (bicyclic) bond motifs is 1. The van der Waals surface area contributed by atoms with Crippen LogP contribution >= 0.6 is 7.14 Å². The van der Waals surface area contributed by atoms with Crippen LogP contribution in [0.25, 0.3) is 10.9 Å². The normalized spacial score (nSPS) is 12.0. The number of nitrogens with zero attached hydrogens (tertiary/aromatic N) is 1. The summed E-state index contributed by atoms with van der Waals surface area (Å²) in [6, 6.07) is 7.14. The van der Waals surface area contributed by atoms with Crippen LogP contribution in [0.3, 0.4) is 0 Å². The summed E-state index contributed by atoms with van der Waals surface area (Å²) >= 11 is 0. The van der Waals surface area contributed by atoms with E-state index in [1.165, 1.54) is 6.07 Å². The van der Waals surface area contributed by atoms with E-state index in [-0.39, 0.29) is 5.56 Å². The van der Waals surface area contributed by atoms with Gasteiger partial charge in [-0.15, -0.1) is 0 Å². The van der Waals surface area contributed by atoms with Gasteiger partial charge >= 0.3 is 0 Å². The largest absolute Gasteiger partial charge is 0.319 e. The molecular weight excluding hydrogens is 233 g/mol. The fraction of sp³-hybridized carbons (Fsp3) is 0.308. The molecule has 1 aromatic carbocycles. The fourth-order valence-electron chi connectivity index (χ4n) is 2.26. The van der Waals surface area contributed by atoms with E-state index in [4.69, 9.17) is 0 Å². The highest BCUT2D eigenvalue weighted by Gasteiger charge is 2.18. The first-order valence-electron chi connectivity index (χ1n) is 5.47. The van der Waals surface area contributed by atoms with Gasteiger partial charge < -0.3 is 9.13 Å². The lowest BCUT2D eigenvalue weighted by Crippen LogP contribution is -2.19. The number of aromatic nitrogens is 1. The van der Waals surface area contributed by atoms with Crippen molar-refractivity contribution < 1.29 is 4.57 Å². The van der Waals surface area contributed by atoms with Crippen LogP contribution in [0.2, 0.25) is 0 Å². The van der Waals surface area contributed by atoms with E-state index in [0.717, 1.165) is 21.8 Å². The second kappa shape index (κ2) is 3.85. The summed E-state index contributed by atoms with van der Waals surface area (Å²) in [6.07, 6.45) is 0. The van der Waals surface area contributed by atoms with E-state index < -0.39 is 7.14 Å². The summed E-state index contributed by atoms with van der Waals surface area (Å²) in [7, 11) is -0.615. The third kappa shape index (κ3) is 1.96. The van der Waals surface area contributed by atoms with E-state index in [9.17, 15) is 9.36 Å². The zero-order chi connectivity index (χ0) is 12.8. The van der Waals surface area contributed by atoms with Gasteiger partial charge in [-0.2, -0.15) is 0 Å². The molecule has 0 aliphatic rings. The highest BCUT2D eigenvalue weighted by Crippen LogP contribution is 2.38. The summed E-state index contributed by atoms with van der Waals surface area (Å²) in [6.45, 7) is 5.49. The molecule has 2 aromatic rings. The summed E-state index contributed by atoms with van der Waals surface area (Å²) in [4.78, 5) is 11.6. The van der Waals surface area contributed by atoms with Gasteiger partial charge in [-0.25, -0.2) is 0 Å². The van der Waals surface area contributed by atoms with Crippen molar-refractivity contribution in [1.82, 2.24) is 4.57 Å². The van der Waals surface area contributed by atoms with Crippen molar-refractivity contribution in [2.75, 3.05) is 13.3 Å². The lowest BCUT2D eigenvalue weighted by atomic mass is 10.1. The van der Waals surface area contributed by atoms with Crippen LogP contribution in [0.4, 0.5) is 0 Å². The van der Waals surface area contributed by atoms with Crippen molar-refractivity contribution in [1.29, 1.82) is 0 Å². The third-order valence-electron chi connectivity index (χ3n) is 3.02. The molecular formula is C13H16NO2P. The van der Waals surface area contributed by atoms with Crippen LogP contribution in [0, 0.1) is 6.92 Å². The van der Waals surface area contributed by atoms with Crippen LogP contribution < -0.4 is 10.9 Å². The Morgan fingerprint density at radius 2 is 1.76 bits per heavy atom. The Hall–Kier alpha value is -1.34. The van der Waals surface area contributed by atoms with E-state index in [1.54, 1.807) is 31.0 Å². The molecule has 3 nitrogen and oxygen atoms in total. The van der Waals surface area contributed by atoms with Crippen molar-refractivity contribution in [2.45, 2.75) is 6.92 Å². The molecule has 0 amide bonds. The van der Waals surface area contributed by atoms with Gasteiger partial charge in [0.1, 0.15) is 7.14 Å². The predicted octanol–water partition coefficient (Wildman–Crippen LogP) is 2.09. The van der Waals surface area contributed by atoms with Crippen molar-refractivity contribution in [2.24, 2.45) is 7.05 Å². The van der Waals surface area contributed by atoms with Crippen molar-refractivity contribution in [3.05, 3.63) is 40.2 Å². The number of aryl methyl sites for hydroxylation is 2. The molecule has 0 aliphatic carbocycles. The summed E-state index contributed by atoms with van der Waals surface area (Å²) in [5.41, 5.74) is 1.81. The first-order chi connectivity index (χ1) is 7.82. The van der Waals surface area contributed by atoms with Crippen LogP contribution in [-0.4, -0.2) is 17.9 Å². The lowest BCUT2D eigenvalue weighted by Gasteiger charge is -2.15. The summed E-state index contributed by atoms with van der Waals surface area (Å²) in [5, 5.41) is 1.80. The van der Waals surface area contributed by atoms with Gasteiger partial charge in [0.25, 0.3) is 5.56 Å². The molecule has 0 saturated carbocycles. The maximum atomic E-state index is 12.4. The van der Waals surface area contributed by atoms with Crippen molar-refractivity contribution >= 4 is 23.3 Å². The predicted molar refractivity (Wildman–Crippen MR) is 73.0 cm³/mol. The smallest absolute Gasteiger partial charge is 0.250 e. The molecule has 4 heteroatoms. The summed E-state index contributed by atoms with van der Waals surface area (Å²) in [5.74, 6) is 0. The molecule has 0 unspecified atom stereocenters. The Bertz CT molecular complexity index is 694. The minimum absolute atomic E-state index is 0.0469. The summed E-state index contributed by atoms with van der Waals surface area (Å²) < 4.78 is 14.0. The van der Waals surface area contributed by atoms with Gasteiger partial charge in [-0.1, -0.05) is 6.07 Å². The molecule has 0 atom stereocenters. The van der Waals surface area contributed by atoms with Gasteiger partial charge in [0.15, 0.2) is 0 Å². The second-order valence-electron chi connectivity index (χ2n) is 4.75. The quantitative estimate of drug-likeness (QED) is 0.726. The van der Waals surface area contributed by atoms with Crippen LogP contribution in [0.5, 0.6) is 0 Å². The average Bonchev–Trinajstić information content (AvgIpc) is 2.21. The topological polar surface area (TPSA) is 39.1 Å². The number of pyridine rings is 1. The first-order valence-corrected chi connectivity index (χ1v) is 8.07. The van der Waals surface area contributed by atoms with Crippen LogP contribution in [-0.2, 0) is 11.6 Å². The molecule has 0 spiro atoms. The number of benzene rings is 1. The first kappa shape index (κ1) is 12.1. The SMILES string of the molecule is Cc1ccc2c(ccc(=O)n2C)c1P(C)(C)=O. The van der Waals surface area contributed by atoms with Gasteiger partial charge in [0, 0.05) is 23.8 Å². The monoisotopic (exact) mass is 249 g/mol. The standard InChI is InChI=1S/C13H16NO2P/c1-9-5-7-11-10(13(9)17(3,4)16)6-8-12(15)14(11)2/h5-8H,1-4H3. The molecule has 0 radical (unpaired) electrons. The van der Waals surface area contributed by atoms with E-state index >= 15 is 0 Å². The minimum Gasteiger partial charge on any atom is -0.319 e. The Labute approximate surface area is 100 Å². The van der Waals surface area contributed by atoms with Gasteiger partial charge in [0.2, 0.25) is 0 Å². The zero-order valence-electron chi connectivity index (χ0n) is 10.5. The number of rotatable bonds is 1. The Kier molecular flexibility index (Phi) is 2.75. The highest BCUT2D eigenvalue weighted by molar-refractivity contribution is 7.70. The Morgan fingerprint density at radius 1 is 1.12 bits per heavy atom. The molecule has 0 N–H and O–H groups in total. The molecule has 0 aliphatic heterocycles. The average molecular weight is 249 g/mol. The number of hydrogen-bond acceptors (Lipinski definition) is 2. The third-order valence-corrected chi connectivity index (χ3v) is 4.69. The van der Waals surface area contributed by atoms with Crippen molar-refractivity contribution in [3.8, 4) is 0 Å². The molecule has 2 rings (SSSR count). The zero-order valence-corrected chi connectivity index (χ0v) is 11.4. The Morgan fingerprint density at radius 3 is 2.35 bits per heavy atom. The maximum Gasteiger partial charge on any atom is 0.250 e. The maximum absolute atomic E-state index is 12.4. The van der Waals surface area contributed by atoms with Crippen LogP contribution in [0.15, 0.2) is 29.1 Å². The lowest BCUT2D eigenvalue weighted by molar-refractivity contribution is 0.588. The van der Waals surface area contributed by atoms with Gasteiger partial charge in [-0.05, 0) is 37.9 Å². The molecule has 17 heavy (non-hydrogen) atoms. The molecule has 0 saturated heterocycles. The number of hydrogen-bond donors (Lipinski definition) is 0. The molecule has 0 bridgehead atoms.